The van der Waals surface area contributed by atoms with Gasteiger partial charge in [-0.05, 0) is 19.3 Å². The van der Waals surface area contributed by atoms with Crippen LogP contribution in [0.3, 0.4) is 0 Å². The van der Waals surface area contributed by atoms with E-state index in [4.69, 9.17) is 5.11 Å². The number of allylic oxidation sites excluding steroid dienone is 9. The quantitative estimate of drug-likeness (QED) is 0.290. The number of unbranched alkanes of at least 4 members (excludes halogenated alkanes) is 3. The number of rotatable bonds is 13. The number of carbonyl (C=O) groups is 2. The number of Topliss-reactive ketones (excluding diaryl/α,β-unsaturated/α-hetero) is 1. The van der Waals surface area contributed by atoms with Gasteiger partial charge in [-0.15, -0.1) is 0 Å². The molecule has 0 fully saturated rings. The molecule has 0 saturated carbocycles. The van der Waals surface area contributed by atoms with Crippen LogP contribution < -0.4 is 0 Å². The Morgan fingerprint density at radius 2 is 1.35 bits per heavy atom. The molecule has 0 aromatic heterocycles. The van der Waals surface area contributed by atoms with E-state index in [2.05, 4.69) is 13.0 Å². The third-order valence-electron chi connectivity index (χ3n) is 3.04. The standard InChI is InChI=1S/C20H28O3/c1-2-3-13-16-19(21)17-14-11-9-7-5-4-6-8-10-12-15-18-20(22)23/h4-10,12,15,18H,2-3,11,13-14,16-17H2,1H3,(H,22,23). The van der Waals surface area contributed by atoms with Crippen molar-refractivity contribution >= 4 is 11.8 Å². The van der Waals surface area contributed by atoms with Crippen molar-refractivity contribution in [3.05, 3.63) is 60.8 Å². The van der Waals surface area contributed by atoms with E-state index in [0.717, 1.165) is 44.6 Å². The molecular weight excluding hydrogens is 288 g/mol. The molecule has 3 heteroatoms. The van der Waals surface area contributed by atoms with Gasteiger partial charge in [0.15, 0.2) is 0 Å². The van der Waals surface area contributed by atoms with Gasteiger partial charge in [0.2, 0.25) is 0 Å². The molecule has 23 heavy (non-hydrogen) atoms. The van der Waals surface area contributed by atoms with Gasteiger partial charge in [-0.3, -0.25) is 4.79 Å². The number of hydrogen-bond acceptors (Lipinski definition) is 2. The number of ketones is 1. The fraction of sp³-hybridized carbons (Fsp3) is 0.400. The minimum Gasteiger partial charge on any atom is -0.478 e. The van der Waals surface area contributed by atoms with E-state index < -0.39 is 5.97 Å². The van der Waals surface area contributed by atoms with Crippen molar-refractivity contribution < 1.29 is 14.7 Å². The summed E-state index contributed by atoms with van der Waals surface area (Å²) in [6.45, 7) is 2.14. The second-order valence-electron chi connectivity index (χ2n) is 5.17. The molecule has 0 atom stereocenters. The molecule has 0 heterocycles. The van der Waals surface area contributed by atoms with Gasteiger partial charge < -0.3 is 5.11 Å². The maximum Gasteiger partial charge on any atom is 0.328 e. The number of carboxylic acid groups (broad SMARTS) is 1. The monoisotopic (exact) mass is 316 g/mol. The first kappa shape index (κ1) is 20.8. The van der Waals surface area contributed by atoms with Crippen LogP contribution in [0.1, 0.15) is 51.9 Å². The van der Waals surface area contributed by atoms with Crippen LogP contribution in [0.5, 0.6) is 0 Å². The summed E-state index contributed by atoms with van der Waals surface area (Å²) in [6.07, 6.45) is 24.1. The van der Waals surface area contributed by atoms with Gasteiger partial charge in [0.1, 0.15) is 5.78 Å². The number of carboxylic acids is 1. The first-order valence-electron chi connectivity index (χ1n) is 8.24. The molecule has 0 spiro atoms. The highest BCUT2D eigenvalue weighted by Crippen LogP contribution is 2.05. The summed E-state index contributed by atoms with van der Waals surface area (Å²) < 4.78 is 0. The van der Waals surface area contributed by atoms with Crippen molar-refractivity contribution in [1.29, 1.82) is 0 Å². The molecule has 0 amide bonds. The van der Waals surface area contributed by atoms with Gasteiger partial charge >= 0.3 is 5.97 Å². The Kier molecular flexibility index (Phi) is 14.7. The minimum atomic E-state index is -0.952. The Morgan fingerprint density at radius 3 is 1.96 bits per heavy atom. The predicted octanol–water partition coefficient (Wildman–Crippen LogP) is 5.17. The van der Waals surface area contributed by atoms with E-state index in [9.17, 15) is 9.59 Å². The van der Waals surface area contributed by atoms with Crippen molar-refractivity contribution in [1.82, 2.24) is 0 Å². The highest BCUT2D eigenvalue weighted by molar-refractivity contribution is 5.80. The van der Waals surface area contributed by atoms with Crippen LogP contribution >= 0.6 is 0 Å². The number of aliphatic carboxylic acids is 1. The summed E-state index contributed by atoms with van der Waals surface area (Å²) >= 11 is 0. The molecule has 0 aromatic carbocycles. The van der Waals surface area contributed by atoms with E-state index >= 15 is 0 Å². The lowest BCUT2D eigenvalue weighted by Crippen LogP contribution is -1.96. The van der Waals surface area contributed by atoms with Gasteiger partial charge in [-0.1, -0.05) is 74.4 Å². The van der Waals surface area contributed by atoms with Gasteiger partial charge in [0.05, 0.1) is 0 Å². The van der Waals surface area contributed by atoms with Crippen LogP contribution in [0, 0.1) is 0 Å². The minimum absolute atomic E-state index is 0.383. The second-order valence-corrected chi connectivity index (χ2v) is 5.17. The normalized spacial score (nSPS) is 12.6. The molecule has 0 aliphatic heterocycles. The van der Waals surface area contributed by atoms with E-state index in [1.807, 2.05) is 30.4 Å². The van der Waals surface area contributed by atoms with Crippen LogP contribution in [0.4, 0.5) is 0 Å². The second kappa shape index (κ2) is 16.2. The Hall–Kier alpha value is -2.16. The smallest absolute Gasteiger partial charge is 0.328 e. The Balaban J connectivity index is 3.66. The molecule has 0 bridgehead atoms. The SMILES string of the molecule is CCCCCC(=O)CCCC=CC=CC=CC=CC=CC(=O)O. The first-order valence-corrected chi connectivity index (χ1v) is 8.24. The fourth-order valence-electron chi connectivity index (χ4n) is 1.81. The molecule has 0 aliphatic carbocycles. The van der Waals surface area contributed by atoms with Crippen LogP contribution in [0.2, 0.25) is 0 Å². The topological polar surface area (TPSA) is 54.4 Å². The molecule has 3 nitrogen and oxygen atoms in total. The largest absolute Gasteiger partial charge is 0.478 e. The van der Waals surface area contributed by atoms with E-state index in [-0.39, 0.29) is 0 Å². The summed E-state index contributed by atoms with van der Waals surface area (Å²) in [5.74, 6) is -0.569. The summed E-state index contributed by atoms with van der Waals surface area (Å²) in [5, 5.41) is 8.38. The highest BCUT2D eigenvalue weighted by atomic mass is 16.4. The lowest BCUT2D eigenvalue weighted by Gasteiger charge is -1.98. The van der Waals surface area contributed by atoms with Crippen molar-refractivity contribution in [2.45, 2.75) is 51.9 Å². The lowest BCUT2D eigenvalue weighted by molar-refractivity contribution is -0.131. The van der Waals surface area contributed by atoms with Crippen molar-refractivity contribution in [2.24, 2.45) is 0 Å². The molecule has 0 aliphatic rings. The van der Waals surface area contributed by atoms with Crippen LogP contribution in [-0.2, 0) is 9.59 Å². The third-order valence-corrected chi connectivity index (χ3v) is 3.04. The number of carbonyl (C=O) groups excluding carboxylic acids is 1. The van der Waals surface area contributed by atoms with Crippen molar-refractivity contribution in [3.63, 3.8) is 0 Å². The van der Waals surface area contributed by atoms with Crippen molar-refractivity contribution in [3.8, 4) is 0 Å². The average molecular weight is 316 g/mol. The molecule has 0 aromatic rings. The Labute approximate surface area is 139 Å². The fourth-order valence-corrected chi connectivity index (χ4v) is 1.81. The Bertz CT molecular complexity index is 465. The third kappa shape index (κ3) is 17.8. The molecule has 1 N–H and O–H groups in total. The van der Waals surface area contributed by atoms with Gasteiger partial charge in [-0.2, -0.15) is 0 Å². The van der Waals surface area contributed by atoms with Crippen molar-refractivity contribution in [2.75, 3.05) is 0 Å². The maximum absolute atomic E-state index is 11.5. The maximum atomic E-state index is 11.5. The highest BCUT2D eigenvalue weighted by Gasteiger charge is 1.99. The van der Waals surface area contributed by atoms with E-state index in [1.54, 1.807) is 12.2 Å². The number of hydrogen-bond donors (Lipinski definition) is 1. The first-order chi connectivity index (χ1) is 11.2. The molecule has 0 rings (SSSR count). The zero-order chi connectivity index (χ0) is 17.2. The Morgan fingerprint density at radius 1 is 0.783 bits per heavy atom. The summed E-state index contributed by atoms with van der Waals surface area (Å²) in [5.41, 5.74) is 0. The molecular formula is C20H28O3. The summed E-state index contributed by atoms with van der Waals surface area (Å²) in [4.78, 5) is 21.7. The molecule has 0 saturated heterocycles. The summed E-state index contributed by atoms with van der Waals surface area (Å²) in [7, 11) is 0. The zero-order valence-electron chi connectivity index (χ0n) is 14.0. The molecule has 126 valence electrons. The van der Waals surface area contributed by atoms with Crippen LogP contribution in [0.15, 0.2) is 60.8 Å². The van der Waals surface area contributed by atoms with E-state index in [1.165, 1.54) is 6.08 Å². The lowest BCUT2D eigenvalue weighted by atomic mass is 10.1. The van der Waals surface area contributed by atoms with Gasteiger partial charge in [-0.25, -0.2) is 4.79 Å². The van der Waals surface area contributed by atoms with Gasteiger partial charge in [0, 0.05) is 18.9 Å². The van der Waals surface area contributed by atoms with Gasteiger partial charge in [0.25, 0.3) is 0 Å². The molecule has 0 radical (unpaired) electrons. The zero-order valence-corrected chi connectivity index (χ0v) is 14.0. The predicted molar refractivity (Wildman–Crippen MR) is 96.3 cm³/mol. The average Bonchev–Trinajstić information content (AvgIpc) is 2.51. The summed E-state index contributed by atoms with van der Waals surface area (Å²) in [6, 6.07) is 0. The molecule has 0 unspecified atom stereocenters. The van der Waals surface area contributed by atoms with E-state index in [0.29, 0.717) is 12.2 Å². The van der Waals surface area contributed by atoms with Crippen LogP contribution in [0.25, 0.3) is 0 Å². The van der Waals surface area contributed by atoms with Crippen LogP contribution in [-0.4, -0.2) is 16.9 Å².